The number of fused-ring (bicyclic) bond motifs is 1. The fourth-order valence-electron chi connectivity index (χ4n) is 5.16. The van der Waals surface area contributed by atoms with Gasteiger partial charge in [-0.3, -0.25) is 9.69 Å². The van der Waals surface area contributed by atoms with Crippen LogP contribution in [0.3, 0.4) is 0 Å². The van der Waals surface area contributed by atoms with Crippen molar-refractivity contribution in [3.63, 3.8) is 0 Å². The highest BCUT2D eigenvalue weighted by molar-refractivity contribution is 8.03. The number of carboxylic acid groups (broad SMARTS) is 1. The molecule has 0 aromatic carbocycles. The zero-order valence-electron chi connectivity index (χ0n) is 17.8. The molecule has 2 unspecified atom stereocenters. The van der Waals surface area contributed by atoms with Gasteiger partial charge < -0.3 is 20.0 Å². The molecular formula is C22H31N3O4S. The molecule has 4 heterocycles. The lowest BCUT2D eigenvalue weighted by Gasteiger charge is -2.46. The van der Waals surface area contributed by atoms with Gasteiger partial charge in [0.05, 0.1) is 18.1 Å². The molecule has 164 valence electrons. The Kier molecular flexibility index (Phi) is 6.01. The van der Waals surface area contributed by atoms with Crippen LogP contribution in [-0.4, -0.2) is 86.9 Å². The summed E-state index contributed by atoms with van der Waals surface area (Å²) in [5, 5.41) is 20.1. The van der Waals surface area contributed by atoms with E-state index in [1.807, 2.05) is 6.92 Å². The van der Waals surface area contributed by atoms with Gasteiger partial charge in [-0.2, -0.15) is 0 Å². The van der Waals surface area contributed by atoms with Gasteiger partial charge in [0.1, 0.15) is 5.70 Å². The molecule has 0 spiro atoms. The number of β-lactam (4-membered cyclic amide) rings is 1. The molecule has 2 fully saturated rings. The first-order valence-corrected chi connectivity index (χ1v) is 11.6. The third-order valence-corrected chi connectivity index (χ3v) is 8.35. The average Bonchev–Trinajstić information content (AvgIpc) is 3.27. The van der Waals surface area contributed by atoms with E-state index < -0.39 is 18.0 Å². The predicted octanol–water partition coefficient (Wildman–Crippen LogP) is 1.72. The van der Waals surface area contributed by atoms with E-state index in [1.54, 1.807) is 18.7 Å². The van der Waals surface area contributed by atoms with E-state index in [9.17, 15) is 19.8 Å². The molecule has 6 atom stereocenters. The number of nitrogens with zero attached hydrogens (tertiary/aromatic N) is 3. The molecule has 0 radical (unpaired) electrons. The fraction of sp³-hybridized carbons (Fsp3) is 0.636. The molecule has 1 amide bonds. The van der Waals surface area contributed by atoms with Crippen LogP contribution in [0.4, 0.5) is 0 Å². The molecule has 4 aliphatic heterocycles. The number of carbonyl (C=O) groups excluding carboxylic acids is 1. The Morgan fingerprint density at radius 1 is 1.30 bits per heavy atom. The number of hydrogen-bond acceptors (Lipinski definition) is 6. The standard InChI is InChI=1S/C22H31N3O4S/c1-13-18-17(14(2)26)21(27)25(18)19(22(28)29)20(13)30-16-7-6-15(23(3)12-16)8-11-24-9-4-5-10-24/h4-5,8,11,13-18,26H,6-7,9-10,12H2,1-3H3,(H,28,29)/b11-8+/t13-,14-,15?,16?,17-,18-/m1/s1. The number of likely N-dealkylation sites (N-methyl/N-ethyl adjacent to an activating group) is 1. The molecule has 4 rings (SSSR count). The summed E-state index contributed by atoms with van der Waals surface area (Å²) >= 11 is 1.62. The Morgan fingerprint density at radius 3 is 2.60 bits per heavy atom. The molecule has 7 nitrogen and oxygen atoms in total. The SMILES string of the molecule is C[C@@H](O)[C@H]1C(=O)N2C(C(=O)O)=C(SC3CCC(/C=C/N4CC=CC4)N(C)C3)[C@H](C)[C@H]12. The maximum atomic E-state index is 12.5. The summed E-state index contributed by atoms with van der Waals surface area (Å²) < 4.78 is 0. The molecule has 0 aromatic heterocycles. The molecule has 2 saturated heterocycles. The molecule has 0 aliphatic carbocycles. The Bertz CT molecular complexity index is 800. The van der Waals surface area contributed by atoms with E-state index in [0.717, 1.165) is 37.4 Å². The smallest absolute Gasteiger partial charge is 0.353 e. The molecule has 8 heteroatoms. The summed E-state index contributed by atoms with van der Waals surface area (Å²) in [6.45, 7) is 6.41. The first kappa shape index (κ1) is 21.5. The zero-order valence-corrected chi connectivity index (χ0v) is 18.6. The van der Waals surface area contributed by atoms with Crippen LogP contribution in [0.1, 0.15) is 26.7 Å². The number of aliphatic hydroxyl groups is 1. The normalized spacial score (nSPS) is 35.3. The topological polar surface area (TPSA) is 84.3 Å². The maximum absolute atomic E-state index is 12.5. The van der Waals surface area contributed by atoms with E-state index >= 15 is 0 Å². The van der Waals surface area contributed by atoms with E-state index in [2.05, 4.69) is 41.3 Å². The summed E-state index contributed by atoms with van der Waals surface area (Å²) in [6, 6.07) is 0.148. The van der Waals surface area contributed by atoms with Crippen molar-refractivity contribution in [2.45, 2.75) is 50.1 Å². The molecule has 4 aliphatic rings. The fourth-order valence-corrected chi connectivity index (χ4v) is 6.73. The van der Waals surface area contributed by atoms with Gasteiger partial charge in [0, 0.05) is 41.7 Å². The van der Waals surface area contributed by atoms with Crippen LogP contribution in [0.2, 0.25) is 0 Å². The summed E-state index contributed by atoms with van der Waals surface area (Å²) in [4.78, 5) is 31.3. The Morgan fingerprint density at radius 2 is 2.00 bits per heavy atom. The van der Waals surface area contributed by atoms with Crippen molar-refractivity contribution in [1.82, 2.24) is 14.7 Å². The van der Waals surface area contributed by atoms with Crippen molar-refractivity contribution >= 4 is 23.6 Å². The predicted molar refractivity (Wildman–Crippen MR) is 117 cm³/mol. The monoisotopic (exact) mass is 433 g/mol. The van der Waals surface area contributed by atoms with Crippen LogP contribution >= 0.6 is 11.8 Å². The summed E-state index contributed by atoms with van der Waals surface area (Å²) in [5.74, 6) is -1.88. The lowest BCUT2D eigenvalue weighted by atomic mass is 9.79. The van der Waals surface area contributed by atoms with Gasteiger partial charge in [0.2, 0.25) is 5.91 Å². The van der Waals surface area contributed by atoms with Gasteiger partial charge in [-0.15, -0.1) is 11.8 Å². The van der Waals surface area contributed by atoms with Gasteiger partial charge in [0.25, 0.3) is 0 Å². The number of hydrogen-bond donors (Lipinski definition) is 2. The summed E-state index contributed by atoms with van der Waals surface area (Å²) in [7, 11) is 2.12. The third-order valence-electron chi connectivity index (χ3n) is 6.81. The van der Waals surface area contributed by atoms with Crippen molar-refractivity contribution in [1.29, 1.82) is 0 Å². The molecular weight excluding hydrogens is 402 g/mol. The van der Waals surface area contributed by atoms with Crippen molar-refractivity contribution in [2.75, 3.05) is 26.7 Å². The lowest BCUT2D eigenvalue weighted by Crippen LogP contribution is -2.63. The molecule has 0 saturated carbocycles. The molecule has 0 bridgehead atoms. The van der Waals surface area contributed by atoms with Gasteiger partial charge >= 0.3 is 5.97 Å². The second kappa shape index (κ2) is 8.40. The van der Waals surface area contributed by atoms with Crippen LogP contribution in [0.15, 0.2) is 35.0 Å². The van der Waals surface area contributed by atoms with E-state index in [4.69, 9.17) is 0 Å². The highest BCUT2D eigenvalue weighted by Gasteiger charge is 2.60. The number of amides is 1. The first-order valence-electron chi connectivity index (χ1n) is 10.7. The highest BCUT2D eigenvalue weighted by atomic mass is 32.2. The number of carbonyl (C=O) groups is 2. The van der Waals surface area contributed by atoms with Crippen molar-refractivity contribution in [3.8, 4) is 0 Å². The quantitative estimate of drug-likeness (QED) is 0.487. The van der Waals surface area contributed by atoms with E-state index in [-0.39, 0.29) is 23.6 Å². The minimum atomic E-state index is -1.05. The van der Waals surface area contributed by atoms with Crippen LogP contribution < -0.4 is 0 Å². The first-order chi connectivity index (χ1) is 14.3. The van der Waals surface area contributed by atoms with Crippen LogP contribution in [0.25, 0.3) is 0 Å². The van der Waals surface area contributed by atoms with Gasteiger partial charge in [0.15, 0.2) is 0 Å². The van der Waals surface area contributed by atoms with Crippen molar-refractivity contribution < 1.29 is 19.8 Å². The maximum Gasteiger partial charge on any atom is 0.353 e. The Balaban J connectivity index is 1.43. The van der Waals surface area contributed by atoms with Crippen molar-refractivity contribution in [2.24, 2.45) is 11.8 Å². The summed E-state index contributed by atoms with van der Waals surface area (Å²) in [5.41, 5.74) is 0.130. The third kappa shape index (κ3) is 3.69. The van der Waals surface area contributed by atoms with Crippen LogP contribution in [0.5, 0.6) is 0 Å². The molecule has 2 N–H and O–H groups in total. The zero-order chi connectivity index (χ0) is 21.6. The minimum absolute atomic E-state index is 0.0657. The van der Waals surface area contributed by atoms with Crippen LogP contribution in [0, 0.1) is 11.8 Å². The average molecular weight is 434 g/mol. The van der Waals surface area contributed by atoms with Gasteiger partial charge in [-0.1, -0.05) is 25.2 Å². The second-order valence-electron chi connectivity index (χ2n) is 8.86. The number of piperidine rings is 1. The summed E-state index contributed by atoms with van der Waals surface area (Å²) in [6.07, 6.45) is 10.1. The lowest BCUT2D eigenvalue weighted by molar-refractivity contribution is -0.163. The van der Waals surface area contributed by atoms with Gasteiger partial charge in [-0.25, -0.2) is 4.79 Å². The van der Waals surface area contributed by atoms with E-state index in [1.165, 1.54) is 4.90 Å². The molecule has 30 heavy (non-hydrogen) atoms. The van der Waals surface area contributed by atoms with E-state index in [0.29, 0.717) is 11.3 Å². The number of aliphatic hydroxyl groups excluding tert-OH is 1. The number of rotatable bonds is 6. The number of carboxylic acids is 1. The number of likely N-dealkylation sites (tertiary alicyclic amines) is 1. The Labute approximate surface area is 182 Å². The highest BCUT2D eigenvalue weighted by Crippen LogP contribution is 2.51. The van der Waals surface area contributed by atoms with Gasteiger partial charge in [-0.05, 0) is 33.0 Å². The minimum Gasteiger partial charge on any atom is -0.477 e. The van der Waals surface area contributed by atoms with Crippen molar-refractivity contribution in [3.05, 3.63) is 35.0 Å². The second-order valence-corrected chi connectivity index (χ2v) is 10.2. The number of aliphatic carboxylic acids is 1. The molecule has 0 aromatic rings. The number of thioether (sulfide) groups is 1. The Hall–Kier alpha value is -1.77. The largest absolute Gasteiger partial charge is 0.477 e. The van der Waals surface area contributed by atoms with Crippen LogP contribution in [-0.2, 0) is 9.59 Å².